The van der Waals surface area contributed by atoms with Crippen LogP contribution in [0.15, 0.2) is 24.3 Å². The van der Waals surface area contributed by atoms with E-state index in [-0.39, 0.29) is 35.8 Å². The van der Waals surface area contributed by atoms with Gasteiger partial charge in [0.15, 0.2) is 23.0 Å². The second-order valence-electron chi connectivity index (χ2n) is 14.4. The fraction of sp³-hybridized carbons (Fsp3) is 0.667. The Kier molecular flexibility index (Phi) is 10.3. The third kappa shape index (κ3) is 6.99. The molecule has 4 heterocycles. The van der Waals surface area contributed by atoms with Crippen LogP contribution in [0.3, 0.4) is 0 Å². The average Bonchev–Trinajstić information content (AvgIpc) is 2.97. The van der Waals surface area contributed by atoms with E-state index in [4.69, 9.17) is 9.47 Å². The highest BCUT2D eigenvalue weighted by molar-refractivity contribution is 5.50. The molecule has 4 N–H and O–H groups in total. The number of nitrogens with zero attached hydrogens (tertiary/aromatic N) is 2. The summed E-state index contributed by atoms with van der Waals surface area (Å²) in [6.45, 7) is 12.8. The van der Waals surface area contributed by atoms with Crippen LogP contribution in [-0.4, -0.2) is 82.8 Å². The van der Waals surface area contributed by atoms with E-state index in [2.05, 4.69) is 37.5 Å². The van der Waals surface area contributed by atoms with Gasteiger partial charge >= 0.3 is 0 Å². The second kappa shape index (κ2) is 13.9. The zero-order valence-electron chi connectivity index (χ0n) is 27.5. The number of hydrogen-bond acceptors (Lipinski definition) is 8. The number of methoxy groups -OCH3 is 2. The second-order valence-corrected chi connectivity index (χ2v) is 14.4. The van der Waals surface area contributed by atoms with Crippen molar-refractivity contribution >= 4 is 0 Å². The molecule has 2 aromatic rings. The molecule has 4 aliphatic rings. The highest BCUT2D eigenvalue weighted by atomic mass is 16.5. The van der Waals surface area contributed by atoms with Gasteiger partial charge in [0.2, 0.25) is 0 Å². The van der Waals surface area contributed by atoms with E-state index in [1.165, 1.54) is 22.3 Å². The van der Waals surface area contributed by atoms with E-state index >= 15 is 0 Å². The maximum absolute atomic E-state index is 10.6. The number of phenols is 2. The van der Waals surface area contributed by atoms with E-state index in [0.717, 1.165) is 64.7 Å². The van der Waals surface area contributed by atoms with Gasteiger partial charge in [-0.3, -0.25) is 9.80 Å². The third-order valence-corrected chi connectivity index (χ3v) is 10.3. The molecule has 44 heavy (non-hydrogen) atoms. The van der Waals surface area contributed by atoms with Gasteiger partial charge in [-0.25, -0.2) is 0 Å². The van der Waals surface area contributed by atoms with E-state index in [9.17, 15) is 20.4 Å². The van der Waals surface area contributed by atoms with Crippen molar-refractivity contribution in [3.8, 4) is 23.0 Å². The van der Waals surface area contributed by atoms with Gasteiger partial charge < -0.3 is 29.9 Å². The summed E-state index contributed by atoms with van der Waals surface area (Å²) in [7, 11) is 3.16. The first-order valence-corrected chi connectivity index (χ1v) is 16.6. The Hall–Kier alpha value is -2.52. The SMILES string of the molecule is COc1cc2c(cc1O)CCN1CC(CC(C)C)C(O)CC21.COc1cc2c(cc1O)CCN1CC(CC(C)C)C(O)CC21. The molecular formula is C36H54N2O6. The zero-order chi connectivity index (χ0) is 31.7. The standard InChI is InChI=1S/2C18H27NO3/c2*1-11(2)6-13-10-19-5-4-12-7-17(21)18(22-3)8-14(12)15(19)9-16(13)20/h2*7-8,11,13,15-16,20-21H,4-6,9-10H2,1-3H3. The number of rotatable bonds is 6. The van der Waals surface area contributed by atoms with Crippen LogP contribution in [0.4, 0.5) is 0 Å². The van der Waals surface area contributed by atoms with Crippen molar-refractivity contribution in [3.63, 3.8) is 0 Å². The molecule has 0 aliphatic carbocycles. The van der Waals surface area contributed by atoms with Crippen molar-refractivity contribution in [2.24, 2.45) is 23.7 Å². The molecule has 0 bridgehead atoms. The number of phenolic OH excluding ortho intramolecular Hbond substituents is 2. The van der Waals surface area contributed by atoms with E-state index in [1.807, 2.05) is 24.3 Å². The summed E-state index contributed by atoms with van der Waals surface area (Å²) in [4.78, 5) is 5.00. The molecule has 8 heteroatoms. The summed E-state index contributed by atoms with van der Waals surface area (Å²) in [5, 5.41) is 41.0. The Morgan fingerprint density at radius 3 is 1.41 bits per heavy atom. The highest BCUT2D eigenvalue weighted by Crippen LogP contribution is 2.45. The first-order chi connectivity index (χ1) is 21.0. The summed E-state index contributed by atoms with van der Waals surface area (Å²) < 4.78 is 10.5. The number of benzene rings is 2. The molecule has 2 fully saturated rings. The average molecular weight is 611 g/mol. The van der Waals surface area contributed by atoms with Crippen molar-refractivity contribution in [1.82, 2.24) is 9.80 Å². The van der Waals surface area contributed by atoms with Gasteiger partial charge in [0.1, 0.15) is 0 Å². The van der Waals surface area contributed by atoms with Crippen molar-refractivity contribution < 1.29 is 29.9 Å². The van der Waals surface area contributed by atoms with Crippen molar-refractivity contribution in [2.45, 2.75) is 90.5 Å². The molecule has 2 aromatic carbocycles. The first kappa shape index (κ1) is 32.9. The molecule has 6 atom stereocenters. The lowest BCUT2D eigenvalue weighted by Gasteiger charge is -2.46. The van der Waals surface area contributed by atoms with Gasteiger partial charge in [-0.1, -0.05) is 27.7 Å². The summed E-state index contributed by atoms with van der Waals surface area (Å²) in [5.74, 6) is 3.45. The molecule has 8 nitrogen and oxygen atoms in total. The molecule has 4 aliphatic heterocycles. The summed E-state index contributed by atoms with van der Waals surface area (Å²) >= 11 is 0. The minimum Gasteiger partial charge on any atom is -0.504 e. The molecule has 0 saturated carbocycles. The molecular weight excluding hydrogens is 556 g/mol. The lowest BCUT2D eigenvalue weighted by Crippen LogP contribution is -2.48. The van der Waals surface area contributed by atoms with Crippen molar-refractivity contribution in [1.29, 1.82) is 0 Å². The van der Waals surface area contributed by atoms with Crippen molar-refractivity contribution in [2.75, 3.05) is 40.4 Å². The lowest BCUT2D eigenvalue weighted by molar-refractivity contribution is -0.0192. The summed E-state index contributed by atoms with van der Waals surface area (Å²) in [6.07, 6.45) is 5.13. The van der Waals surface area contributed by atoms with Crippen LogP contribution in [0.2, 0.25) is 0 Å². The minimum atomic E-state index is -0.241. The fourth-order valence-corrected chi connectivity index (χ4v) is 8.22. The smallest absolute Gasteiger partial charge is 0.160 e. The van der Waals surface area contributed by atoms with Gasteiger partial charge in [0.25, 0.3) is 0 Å². The Morgan fingerprint density at radius 2 is 1.07 bits per heavy atom. The van der Waals surface area contributed by atoms with Crippen LogP contribution in [0, 0.1) is 23.7 Å². The van der Waals surface area contributed by atoms with Crippen LogP contribution in [0.5, 0.6) is 23.0 Å². The molecule has 0 amide bonds. The maximum Gasteiger partial charge on any atom is 0.160 e. The van der Waals surface area contributed by atoms with Gasteiger partial charge in [0.05, 0.1) is 26.4 Å². The largest absolute Gasteiger partial charge is 0.504 e. The van der Waals surface area contributed by atoms with Gasteiger partial charge in [-0.05, 0) is 109 Å². The number of fused-ring (bicyclic) bond motifs is 6. The number of aliphatic hydroxyl groups is 2. The molecule has 6 rings (SSSR count). The van der Waals surface area contributed by atoms with Crippen LogP contribution >= 0.6 is 0 Å². The Balaban J connectivity index is 0.000000175. The predicted molar refractivity (Wildman–Crippen MR) is 172 cm³/mol. The number of aromatic hydroxyl groups is 2. The summed E-state index contributed by atoms with van der Waals surface area (Å²) in [6, 6.07) is 8.07. The van der Waals surface area contributed by atoms with Gasteiger partial charge in [0, 0.05) is 38.3 Å². The quantitative estimate of drug-likeness (QED) is 0.342. The van der Waals surface area contributed by atoms with Gasteiger partial charge in [-0.15, -0.1) is 0 Å². The van der Waals surface area contributed by atoms with Crippen LogP contribution < -0.4 is 9.47 Å². The Bertz CT molecular complexity index is 1180. The monoisotopic (exact) mass is 610 g/mol. The predicted octanol–water partition coefficient (Wildman–Crippen LogP) is 5.45. The molecule has 6 unspecified atom stereocenters. The lowest BCUT2D eigenvalue weighted by atomic mass is 9.79. The van der Waals surface area contributed by atoms with E-state index in [0.29, 0.717) is 35.2 Å². The zero-order valence-corrected chi connectivity index (χ0v) is 27.5. The van der Waals surface area contributed by atoms with Crippen molar-refractivity contribution in [3.05, 3.63) is 46.5 Å². The van der Waals surface area contributed by atoms with Gasteiger partial charge in [-0.2, -0.15) is 0 Å². The molecule has 0 aromatic heterocycles. The molecule has 0 spiro atoms. The summed E-state index contributed by atoms with van der Waals surface area (Å²) in [5.41, 5.74) is 4.80. The molecule has 244 valence electrons. The van der Waals surface area contributed by atoms with Crippen LogP contribution in [-0.2, 0) is 12.8 Å². The third-order valence-electron chi connectivity index (χ3n) is 10.3. The van der Waals surface area contributed by atoms with E-state index in [1.54, 1.807) is 14.2 Å². The normalized spacial score (nSPS) is 28.3. The highest BCUT2D eigenvalue weighted by Gasteiger charge is 2.40. The minimum absolute atomic E-state index is 0.212. The maximum atomic E-state index is 10.6. The topological polar surface area (TPSA) is 106 Å². The number of ether oxygens (including phenoxy) is 2. The fourth-order valence-electron chi connectivity index (χ4n) is 8.22. The Morgan fingerprint density at radius 1 is 0.682 bits per heavy atom. The van der Waals surface area contributed by atoms with Crippen LogP contribution in [0.25, 0.3) is 0 Å². The molecule has 0 radical (unpaired) electrons. The van der Waals surface area contributed by atoms with Crippen LogP contribution in [0.1, 0.15) is 87.7 Å². The van der Waals surface area contributed by atoms with E-state index < -0.39 is 0 Å². The first-order valence-electron chi connectivity index (χ1n) is 16.6. The molecule has 2 saturated heterocycles. The number of hydrogen-bond donors (Lipinski definition) is 4. The number of piperidine rings is 2. The number of aliphatic hydroxyl groups excluding tert-OH is 2. The Labute approximate surface area is 263 Å².